The molecule has 1 fully saturated rings. The van der Waals surface area contributed by atoms with E-state index in [2.05, 4.69) is 10.6 Å². The van der Waals surface area contributed by atoms with E-state index < -0.39 is 16.1 Å². The Morgan fingerprint density at radius 1 is 1.00 bits per heavy atom. The minimum Gasteiger partial charge on any atom is -0.350 e. The number of hydrogen-bond donors (Lipinski definition) is 2. The summed E-state index contributed by atoms with van der Waals surface area (Å²) in [7, 11) is -3.46. The average Bonchev–Trinajstić information content (AvgIpc) is 3.37. The molecule has 0 aromatic heterocycles. The fraction of sp³-hybridized carbons (Fsp3) is 0.417. The molecular formula is C24H31N3O4S. The molecule has 32 heavy (non-hydrogen) atoms. The van der Waals surface area contributed by atoms with Gasteiger partial charge in [-0.15, -0.1) is 0 Å². The van der Waals surface area contributed by atoms with Crippen LogP contribution in [0.1, 0.15) is 49.0 Å². The molecule has 2 aromatic rings. The molecule has 7 nitrogen and oxygen atoms in total. The number of carbonyl (C=O) groups excluding carboxylic acids is 2. The van der Waals surface area contributed by atoms with Crippen LogP contribution in [0.2, 0.25) is 0 Å². The Balaban J connectivity index is 1.62. The van der Waals surface area contributed by atoms with Crippen molar-refractivity contribution in [1.82, 2.24) is 14.9 Å². The van der Waals surface area contributed by atoms with Gasteiger partial charge >= 0.3 is 0 Å². The first-order chi connectivity index (χ1) is 15.3. The summed E-state index contributed by atoms with van der Waals surface area (Å²) in [6, 6.07) is 14.7. The number of amides is 2. The number of nitrogens with zero attached hydrogens (tertiary/aromatic N) is 1. The van der Waals surface area contributed by atoms with Crippen molar-refractivity contribution in [3.63, 3.8) is 0 Å². The highest BCUT2D eigenvalue weighted by atomic mass is 32.2. The highest BCUT2D eigenvalue weighted by molar-refractivity contribution is 7.89. The third-order valence-electron chi connectivity index (χ3n) is 5.91. The van der Waals surface area contributed by atoms with E-state index in [0.717, 1.165) is 24.8 Å². The molecule has 0 bridgehead atoms. The van der Waals surface area contributed by atoms with Crippen molar-refractivity contribution in [3.8, 4) is 0 Å². The maximum Gasteiger partial charge on any atom is 0.251 e. The quantitative estimate of drug-likeness (QED) is 0.605. The van der Waals surface area contributed by atoms with Gasteiger partial charge in [-0.05, 0) is 48.6 Å². The summed E-state index contributed by atoms with van der Waals surface area (Å²) in [6.45, 7) is 5.27. The Bertz CT molecular complexity index is 1020. The summed E-state index contributed by atoms with van der Waals surface area (Å²) < 4.78 is 26.8. The molecule has 1 saturated heterocycles. The van der Waals surface area contributed by atoms with E-state index in [4.69, 9.17) is 0 Å². The van der Waals surface area contributed by atoms with Gasteiger partial charge in [-0.3, -0.25) is 9.59 Å². The van der Waals surface area contributed by atoms with E-state index in [-0.39, 0.29) is 29.2 Å². The second-order valence-electron chi connectivity index (χ2n) is 8.18. The maximum absolute atomic E-state index is 12.9. The summed E-state index contributed by atoms with van der Waals surface area (Å²) >= 11 is 0. The zero-order valence-electron chi connectivity index (χ0n) is 18.6. The lowest BCUT2D eigenvalue weighted by Gasteiger charge is -2.23. The van der Waals surface area contributed by atoms with E-state index >= 15 is 0 Å². The van der Waals surface area contributed by atoms with Gasteiger partial charge in [-0.1, -0.05) is 50.6 Å². The van der Waals surface area contributed by atoms with Crippen molar-refractivity contribution in [3.05, 3.63) is 65.7 Å². The smallest absolute Gasteiger partial charge is 0.251 e. The minimum atomic E-state index is -3.46. The predicted octanol–water partition coefficient (Wildman–Crippen LogP) is 2.93. The molecule has 0 saturated carbocycles. The van der Waals surface area contributed by atoms with Crippen LogP contribution in [0.5, 0.6) is 0 Å². The van der Waals surface area contributed by atoms with Crippen LogP contribution in [-0.2, 0) is 21.4 Å². The highest BCUT2D eigenvalue weighted by Crippen LogP contribution is 2.21. The largest absolute Gasteiger partial charge is 0.350 e. The van der Waals surface area contributed by atoms with Crippen LogP contribution in [0.4, 0.5) is 0 Å². The van der Waals surface area contributed by atoms with Gasteiger partial charge in [-0.2, -0.15) is 4.31 Å². The number of sulfonamides is 1. The van der Waals surface area contributed by atoms with Gasteiger partial charge in [0, 0.05) is 25.2 Å². The Hall–Kier alpha value is -2.71. The van der Waals surface area contributed by atoms with Crippen LogP contribution in [0, 0.1) is 5.92 Å². The Morgan fingerprint density at radius 2 is 1.62 bits per heavy atom. The number of rotatable bonds is 9. The molecule has 2 amide bonds. The van der Waals surface area contributed by atoms with Crippen LogP contribution in [-0.4, -0.2) is 43.7 Å². The van der Waals surface area contributed by atoms with E-state index in [1.54, 1.807) is 48.5 Å². The first-order valence-electron chi connectivity index (χ1n) is 11.1. The molecule has 0 radical (unpaired) electrons. The maximum atomic E-state index is 12.9. The van der Waals surface area contributed by atoms with Crippen molar-refractivity contribution in [2.75, 3.05) is 13.1 Å². The SMILES string of the molecule is CCC(C)C(NC(=O)c1ccccc1)C(=O)NCc1ccc(S(=O)(=O)N2CCCC2)cc1. The topological polar surface area (TPSA) is 95.6 Å². The van der Waals surface area contributed by atoms with Crippen LogP contribution >= 0.6 is 0 Å². The van der Waals surface area contributed by atoms with Crippen LogP contribution in [0.3, 0.4) is 0 Å². The Morgan fingerprint density at radius 3 is 2.22 bits per heavy atom. The van der Waals surface area contributed by atoms with E-state index in [1.807, 2.05) is 19.9 Å². The number of hydrogen-bond acceptors (Lipinski definition) is 4. The molecule has 2 aromatic carbocycles. The van der Waals surface area contributed by atoms with Gasteiger partial charge in [0.15, 0.2) is 0 Å². The lowest BCUT2D eigenvalue weighted by atomic mass is 9.97. The van der Waals surface area contributed by atoms with Gasteiger partial charge in [0.05, 0.1) is 4.90 Å². The molecule has 1 aliphatic heterocycles. The summed E-state index contributed by atoms with van der Waals surface area (Å²) in [4.78, 5) is 25.7. The molecule has 2 unspecified atom stereocenters. The first-order valence-corrected chi connectivity index (χ1v) is 12.5. The third-order valence-corrected chi connectivity index (χ3v) is 7.82. The zero-order valence-corrected chi connectivity index (χ0v) is 19.4. The molecule has 172 valence electrons. The molecule has 0 spiro atoms. The lowest BCUT2D eigenvalue weighted by molar-refractivity contribution is -0.124. The van der Waals surface area contributed by atoms with Gasteiger partial charge in [0.2, 0.25) is 15.9 Å². The molecule has 2 N–H and O–H groups in total. The standard InChI is InChI=1S/C24H31N3O4S/c1-3-18(2)22(26-23(28)20-9-5-4-6-10-20)24(29)25-17-19-11-13-21(14-12-19)32(30,31)27-15-7-8-16-27/h4-6,9-14,18,22H,3,7-8,15-17H2,1-2H3,(H,25,29)(H,26,28). The van der Waals surface area contributed by atoms with Gasteiger partial charge < -0.3 is 10.6 Å². The zero-order chi connectivity index (χ0) is 23.1. The molecule has 1 heterocycles. The monoisotopic (exact) mass is 457 g/mol. The van der Waals surface area contributed by atoms with Crippen molar-refractivity contribution in [2.24, 2.45) is 5.92 Å². The van der Waals surface area contributed by atoms with Crippen LogP contribution in [0.15, 0.2) is 59.5 Å². The second-order valence-corrected chi connectivity index (χ2v) is 10.1. The molecule has 2 atom stereocenters. The van der Waals surface area contributed by atoms with Gasteiger partial charge in [-0.25, -0.2) is 8.42 Å². The Kier molecular flexibility index (Phi) is 8.04. The van der Waals surface area contributed by atoms with Gasteiger partial charge in [0.1, 0.15) is 6.04 Å². The predicted molar refractivity (Wildman–Crippen MR) is 123 cm³/mol. The molecule has 3 rings (SSSR count). The number of carbonyl (C=O) groups is 2. The normalized spacial score (nSPS) is 16.3. The van der Waals surface area contributed by atoms with Crippen molar-refractivity contribution < 1.29 is 18.0 Å². The number of nitrogens with one attached hydrogen (secondary N) is 2. The molecule has 8 heteroatoms. The van der Waals surface area contributed by atoms with Crippen LogP contribution < -0.4 is 10.6 Å². The fourth-order valence-electron chi connectivity index (χ4n) is 3.67. The lowest BCUT2D eigenvalue weighted by Crippen LogP contribution is -2.50. The third kappa shape index (κ3) is 5.75. The molecule has 0 aliphatic carbocycles. The summed E-state index contributed by atoms with van der Waals surface area (Å²) in [5, 5.41) is 5.72. The van der Waals surface area contributed by atoms with E-state index in [9.17, 15) is 18.0 Å². The average molecular weight is 458 g/mol. The van der Waals surface area contributed by atoms with E-state index in [0.29, 0.717) is 18.7 Å². The van der Waals surface area contributed by atoms with Crippen molar-refractivity contribution >= 4 is 21.8 Å². The summed E-state index contributed by atoms with van der Waals surface area (Å²) in [5.41, 5.74) is 1.29. The summed E-state index contributed by atoms with van der Waals surface area (Å²) in [5.74, 6) is -0.601. The summed E-state index contributed by atoms with van der Waals surface area (Å²) in [6.07, 6.45) is 2.51. The van der Waals surface area contributed by atoms with E-state index in [1.165, 1.54) is 4.31 Å². The van der Waals surface area contributed by atoms with Crippen LogP contribution in [0.25, 0.3) is 0 Å². The highest BCUT2D eigenvalue weighted by Gasteiger charge is 2.28. The molecular weight excluding hydrogens is 426 g/mol. The first kappa shape index (κ1) is 23.9. The fourth-order valence-corrected chi connectivity index (χ4v) is 5.19. The molecule has 1 aliphatic rings. The second kappa shape index (κ2) is 10.7. The van der Waals surface area contributed by atoms with Crippen molar-refractivity contribution in [2.45, 2.75) is 50.6 Å². The van der Waals surface area contributed by atoms with Crippen molar-refractivity contribution in [1.29, 1.82) is 0 Å². The minimum absolute atomic E-state index is 0.0457. The van der Waals surface area contributed by atoms with Gasteiger partial charge in [0.25, 0.3) is 5.91 Å². The number of benzene rings is 2. The Labute approximate surface area is 190 Å².